The van der Waals surface area contributed by atoms with Gasteiger partial charge in [-0.2, -0.15) is 5.10 Å². The van der Waals surface area contributed by atoms with E-state index in [0.29, 0.717) is 17.9 Å². The molecular weight excluding hydrogens is 236 g/mol. The number of hydrogen-bond donors (Lipinski definition) is 0. The molecule has 0 saturated carbocycles. The molecule has 3 nitrogen and oxygen atoms in total. The van der Waals surface area contributed by atoms with E-state index < -0.39 is 0 Å². The molecule has 1 aromatic heterocycles. The Bertz CT molecular complexity index is 516. The summed E-state index contributed by atoms with van der Waals surface area (Å²) < 4.78 is 1.70. The Morgan fingerprint density at radius 2 is 1.88 bits per heavy atom. The van der Waals surface area contributed by atoms with Crippen LogP contribution >= 0.6 is 11.6 Å². The van der Waals surface area contributed by atoms with Crippen LogP contribution in [0.4, 0.5) is 0 Å². The average Bonchev–Trinajstić information content (AvgIpc) is 2.67. The fourth-order valence-corrected chi connectivity index (χ4v) is 1.81. The van der Waals surface area contributed by atoms with E-state index in [0.717, 1.165) is 11.1 Å². The van der Waals surface area contributed by atoms with Crippen molar-refractivity contribution in [2.45, 2.75) is 12.8 Å². The Balaban J connectivity index is 1.95. The molecule has 2 rings (SSSR count). The highest BCUT2D eigenvalue weighted by atomic mass is 35.5. The monoisotopic (exact) mass is 248 g/mol. The number of rotatable bonds is 4. The molecule has 0 N–H and O–H groups in total. The van der Waals surface area contributed by atoms with Crippen LogP contribution in [0.5, 0.6) is 0 Å². The third-order valence-electron chi connectivity index (χ3n) is 2.47. The molecule has 0 aliphatic carbocycles. The Kier molecular flexibility index (Phi) is 3.59. The van der Waals surface area contributed by atoms with Gasteiger partial charge in [0, 0.05) is 31.1 Å². The Labute approximate surface area is 105 Å². The van der Waals surface area contributed by atoms with Gasteiger partial charge in [0.05, 0.1) is 6.20 Å². The van der Waals surface area contributed by atoms with Gasteiger partial charge in [0.25, 0.3) is 0 Å². The largest absolute Gasteiger partial charge is 0.299 e. The predicted octanol–water partition coefficient (Wildman–Crippen LogP) is 2.43. The number of nitrogens with zero attached hydrogens (tertiary/aromatic N) is 2. The van der Waals surface area contributed by atoms with Gasteiger partial charge in [0.2, 0.25) is 0 Å². The highest BCUT2D eigenvalue weighted by Crippen LogP contribution is 2.11. The first-order chi connectivity index (χ1) is 8.13. The first-order valence-corrected chi connectivity index (χ1v) is 5.75. The molecule has 0 aliphatic heterocycles. The lowest BCUT2D eigenvalue weighted by molar-refractivity contribution is -0.117. The molecule has 0 fully saturated rings. The van der Waals surface area contributed by atoms with Crippen LogP contribution in [-0.2, 0) is 24.7 Å². The molecule has 1 aromatic carbocycles. The summed E-state index contributed by atoms with van der Waals surface area (Å²) in [5.74, 6) is 0.181. The van der Waals surface area contributed by atoms with Gasteiger partial charge < -0.3 is 0 Å². The Morgan fingerprint density at radius 3 is 2.47 bits per heavy atom. The number of ketones is 1. The number of Topliss-reactive ketones (excluding diaryl/α,β-unsaturated/α-hetero) is 1. The molecule has 0 radical (unpaired) electrons. The molecule has 0 saturated heterocycles. The van der Waals surface area contributed by atoms with Gasteiger partial charge in [-0.05, 0) is 23.3 Å². The summed E-state index contributed by atoms with van der Waals surface area (Å²) in [6.45, 7) is 0. The van der Waals surface area contributed by atoms with Gasteiger partial charge in [-0.25, -0.2) is 0 Å². The summed E-state index contributed by atoms with van der Waals surface area (Å²) in [6.07, 6.45) is 4.45. The van der Waals surface area contributed by atoms with Crippen LogP contribution in [-0.4, -0.2) is 15.6 Å². The smallest absolute Gasteiger partial charge is 0.141 e. The van der Waals surface area contributed by atoms with E-state index in [1.807, 2.05) is 25.4 Å². The van der Waals surface area contributed by atoms with Crippen LogP contribution in [0.2, 0.25) is 5.02 Å². The minimum Gasteiger partial charge on any atom is -0.299 e. The molecule has 0 bridgehead atoms. The van der Waals surface area contributed by atoms with Crippen molar-refractivity contribution in [1.82, 2.24) is 9.78 Å². The van der Waals surface area contributed by atoms with E-state index in [2.05, 4.69) is 5.10 Å². The van der Waals surface area contributed by atoms with Crippen LogP contribution in [0, 0.1) is 0 Å². The molecule has 4 heteroatoms. The number of carbonyl (C=O) groups excluding carboxylic acids is 1. The number of benzene rings is 1. The number of aryl methyl sites for hydroxylation is 1. The molecular formula is C13H13ClN2O. The standard InChI is InChI=1S/C13H13ClN2O/c1-16-9-11(8-15-16)7-13(17)6-10-2-4-12(14)5-3-10/h2-5,8-9H,6-7H2,1H3. The lowest BCUT2D eigenvalue weighted by Gasteiger charge is -2.00. The molecule has 0 amide bonds. The molecule has 1 heterocycles. The minimum absolute atomic E-state index is 0.181. The molecule has 0 atom stereocenters. The van der Waals surface area contributed by atoms with Crippen molar-refractivity contribution < 1.29 is 4.79 Å². The van der Waals surface area contributed by atoms with E-state index in [1.165, 1.54) is 0 Å². The maximum absolute atomic E-state index is 11.8. The molecule has 0 spiro atoms. The fraction of sp³-hybridized carbons (Fsp3) is 0.231. The summed E-state index contributed by atoms with van der Waals surface area (Å²) in [5.41, 5.74) is 1.94. The minimum atomic E-state index is 0.181. The van der Waals surface area contributed by atoms with Crippen LogP contribution < -0.4 is 0 Å². The number of halogens is 1. The maximum Gasteiger partial charge on any atom is 0.141 e. The highest BCUT2D eigenvalue weighted by Gasteiger charge is 2.06. The second-order valence-corrected chi connectivity index (χ2v) is 4.48. The van der Waals surface area contributed by atoms with Crippen molar-refractivity contribution in [1.29, 1.82) is 0 Å². The summed E-state index contributed by atoms with van der Waals surface area (Å²) in [7, 11) is 1.84. The fourth-order valence-electron chi connectivity index (χ4n) is 1.68. The van der Waals surface area contributed by atoms with E-state index in [4.69, 9.17) is 11.6 Å². The van der Waals surface area contributed by atoms with Crippen LogP contribution in [0.25, 0.3) is 0 Å². The second-order valence-electron chi connectivity index (χ2n) is 4.04. The molecule has 2 aromatic rings. The first kappa shape index (κ1) is 11.9. The molecule has 88 valence electrons. The van der Waals surface area contributed by atoms with Gasteiger partial charge in [-0.1, -0.05) is 23.7 Å². The molecule has 0 aliphatic rings. The Hall–Kier alpha value is -1.61. The van der Waals surface area contributed by atoms with Gasteiger partial charge >= 0.3 is 0 Å². The average molecular weight is 249 g/mol. The molecule has 17 heavy (non-hydrogen) atoms. The highest BCUT2D eigenvalue weighted by molar-refractivity contribution is 6.30. The molecule has 0 unspecified atom stereocenters. The number of aromatic nitrogens is 2. The summed E-state index contributed by atoms with van der Waals surface area (Å²) in [5, 5.41) is 4.72. The van der Waals surface area contributed by atoms with Crippen molar-refractivity contribution >= 4 is 17.4 Å². The quantitative estimate of drug-likeness (QED) is 0.833. The topological polar surface area (TPSA) is 34.9 Å². The van der Waals surface area contributed by atoms with Crippen LogP contribution in [0.1, 0.15) is 11.1 Å². The van der Waals surface area contributed by atoms with Crippen molar-refractivity contribution in [3.05, 3.63) is 52.8 Å². The SMILES string of the molecule is Cn1cc(CC(=O)Cc2ccc(Cl)cc2)cn1. The van der Waals surface area contributed by atoms with Crippen LogP contribution in [0.3, 0.4) is 0 Å². The van der Waals surface area contributed by atoms with E-state index in [9.17, 15) is 4.79 Å². The number of hydrogen-bond acceptors (Lipinski definition) is 2. The normalized spacial score (nSPS) is 10.5. The van der Waals surface area contributed by atoms with Gasteiger partial charge in [0.15, 0.2) is 0 Å². The van der Waals surface area contributed by atoms with E-state index in [-0.39, 0.29) is 5.78 Å². The van der Waals surface area contributed by atoms with Crippen molar-refractivity contribution in [3.8, 4) is 0 Å². The third-order valence-corrected chi connectivity index (χ3v) is 2.73. The van der Waals surface area contributed by atoms with Gasteiger partial charge in [0.1, 0.15) is 5.78 Å². The zero-order valence-corrected chi connectivity index (χ0v) is 10.3. The Morgan fingerprint density at radius 1 is 1.24 bits per heavy atom. The third kappa shape index (κ3) is 3.43. The second kappa shape index (κ2) is 5.15. The lowest BCUT2D eigenvalue weighted by atomic mass is 10.1. The zero-order chi connectivity index (χ0) is 12.3. The maximum atomic E-state index is 11.8. The van der Waals surface area contributed by atoms with Gasteiger partial charge in [-0.15, -0.1) is 0 Å². The first-order valence-electron chi connectivity index (χ1n) is 5.37. The van der Waals surface area contributed by atoms with Crippen molar-refractivity contribution in [3.63, 3.8) is 0 Å². The predicted molar refractivity (Wildman–Crippen MR) is 67.1 cm³/mol. The lowest BCUT2D eigenvalue weighted by Crippen LogP contribution is -2.05. The van der Waals surface area contributed by atoms with Crippen molar-refractivity contribution in [2.24, 2.45) is 7.05 Å². The summed E-state index contributed by atoms with van der Waals surface area (Å²) in [4.78, 5) is 11.8. The van der Waals surface area contributed by atoms with Gasteiger partial charge in [-0.3, -0.25) is 9.48 Å². The van der Waals surface area contributed by atoms with Crippen LogP contribution in [0.15, 0.2) is 36.7 Å². The zero-order valence-electron chi connectivity index (χ0n) is 9.56. The van der Waals surface area contributed by atoms with E-state index >= 15 is 0 Å². The van der Waals surface area contributed by atoms with E-state index in [1.54, 1.807) is 23.0 Å². The summed E-state index contributed by atoms with van der Waals surface area (Å²) in [6, 6.07) is 7.36. The van der Waals surface area contributed by atoms with Crippen molar-refractivity contribution in [2.75, 3.05) is 0 Å². The number of carbonyl (C=O) groups is 1. The summed E-state index contributed by atoms with van der Waals surface area (Å²) >= 11 is 5.78.